The van der Waals surface area contributed by atoms with E-state index in [1.807, 2.05) is 23.8 Å². The molecule has 0 aliphatic rings. The van der Waals surface area contributed by atoms with Crippen molar-refractivity contribution < 1.29 is 18.3 Å². The molecule has 0 radical (unpaired) electrons. The molecular weight excluding hydrogens is 520 g/mol. The standard InChI is InChI=1S/C17H23F3N6OS.HI/c1-3-21-14(25-11-16(2,27)12-5-9-28-10-12)23-7-8-24-15-22-6-4-13(26-15)17(18,19)20;/h4-6,9-10,27H,3,7-8,11H2,1-2H3,(H2,21,23,25)(H,22,24,26);1H. The second-order valence-corrected chi connectivity index (χ2v) is 6.88. The van der Waals surface area contributed by atoms with E-state index in [2.05, 4.69) is 30.9 Å². The van der Waals surface area contributed by atoms with Gasteiger partial charge in [0.2, 0.25) is 5.95 Å². The molecule has 0 fully saturated rings. The summed E-state index contributed by atoms with van der Waals surface area (Å²) >= 11 is 1.50. The van der Waals surface area contributed by atoms with Crippen LogP contribution < -0.4 is 16.0 Å². The van der Waals surface area contributed by atoms with E-state index in [0.29, 0.717) is 19.0 Å². The van der Waals surface area contributed by atoms with Crippen LogP contribution in [0.1, 0.15) is 25.1 Å². The summed E-state index contributed by atoms with van der Waals surface area (Å²) in [5.74, 6) is 0.392. The molecule has 2 aromatic heterocycles. The van der Waals surface area contributed by atoms with Gasteiger partial charge in [-0.2, -0.15) is 24.5 Å². The van der Waals surface area contributed by atoms with Crippen LogP contribution in [0.5, 0.6) is 0 Å². The molecule has 12 heteroatoms. The molecule has 0 aliphatic carbocycles. The Morgan fingerprint density at radius 2 is 2.00 bits per heavy atom. The first-order chi connectivity index (χ1) is 13.2. The molecule has 0 bridgehead atoms. The molecule has 4 N–H and O–H groups in total. The van der Waals surface area contributed by atoms with Crippen molar-refractivity contribution in [3.63, 3.8) is 0 Å². The Hall–Kier alpha value is -1.67. The second kappa shape index (κ2) is 11.5. The molecule has 0 amide bonds. The zero-order chi connectivity index (χ0) is 20.6. The maximum atomic E-state index is 12.7. The van der Waals surface area contributed by atoms with E-state index in [4.69, 9.17) is 0 Å². The van der Waals surface area contributed by atoms with Gasteiger partial charge in [0.25, 0.3) is 0 Å². The maximum Gasteiger partial charge on any atom is 0.433 e. The summed E-state index contributed by atoms with van der Waals surface area (Å²) in [5, 5.41) is 23.1. The molecule has 1 unspecified atom stereocenters. The van der Waals surface area contributed by atoms with E-state index in [1.165, 1.54) is 11.3 Å². The van der Waals surface area contributed by atoms with E-state index >= 15 is 0 Å². The number of guanidine groups is 1. The van der Waals surface area contributed by atoms with Gasteiger partial charge in [0.15, 0.2) is 5.96 Å². The highest BCUT2D eigenvalue weighted by molar-refractivity contribution is 14.0. The Balaban J connectivity index is 0.00000420. The number of nitrogens with one attached hydrogen (secondary N) is 3. The molecule has 1 atom stereocenters. The summed E-state index contributed by atoms with van der Waals surface area (Å²) in [6.07, 6.45) is -3.45. The summed E-state index contributed by atoms with van der Waals surface area (Å²) in [7, 11) is 0. The van der Waals surface area contributed by atoms with Crippen LogP contribution >= 0.6 is 35.3 Å². The molecule has 0 aliphatic heterocycles. The highest BCUT2D eigenvalue weighted by Crippen LogP contribution is 2.27. The summed E-state index contributed by atoms with van der Waals surface area (Å²) in [4.78, 5) is 11.6. The van der Waals surface area contributed by atoms with Crippen LogP contribution in [-0.2, 0) is 11.8 Å². The van der Waals surface area contributed by atoms with Gasteiger partial charge in [0, 0.05) is 25.8 Å². The molecule has 162 valence electrons. The zero-order valence-electron chi connectivity index (χ0n) is 16.0. The maximum absolute atomic E-state index is 12.7. The number of hydrogen-bond donors (Lipinski definition) is 4. The fourth-order valence-electron chi connectivity index (χ4n) is 2.19. The average Bonchev–Trinajstić information content (AvgIpc) is 3.18. The van der Waals surface area contributed by atoms with Crippen LogP contribution in [0.15, 0.2) is 34.1 Å². The number of rotatable bonds is 8. The Morgan fingerprint density at radius 3 is 2.62 bits per heavy atom. The first-order valence-electron chi connectivity index (χ1n) is 8.63. The van der Waals surface area contributed by atoms with Gasteiger partial charge in [-0.1, -0.05) is 0 Å². The summed E-state index contributed by atoms with van der Waals surface area (Å²) in [6.45, 7) is 5.02. The third-order valence-corrected chi connectivity index (χ3v) is 4.36. The van der Waals surface area contributed by atoms with Gasteiger partial charge in [-0.3, -0.25) is 0 Å². The molecule has 0 aromatic carbocycles. The van der Waals surface area contributed by atoms with Crippen LogP contribution in [-0.4, -0.2) is 47.2 Å². The predicted octanol–water partition coefficient (Wildman–Crippen LogP) is 3.05. The van der Waals surface area contributed by atoms with E-state index < -0.39 is 17.5 Å². The third kappa shape index (κ3) is 8.30. The Morgan fingerprint density at radius 1 is 1.24 bits per heavy atom. The van der Waals surface area contributed by atoms with Crippen LogP contribution in [0.2, 0.25) is 0 Å². The quantitative estimate of drug-likeness (QED) is 0.177. The van der Waals surface area contributed by atoms with Crippen molar-refractivity contribution >= 4 is 47.2 Å². The number of halogens is 4. The number of anilines is 1. The van der Waals surface area contributed by atoms with Gasteiger partial charge in [0.05, 0.1) is 6.54 Å². The average molecular weight is 544 g/mol. The molecular formula is C17H24F3IN6OS. The summed E-state index contributed by atoms with van der Waals surface area (Å²) in [5.41, 5.74) is -1.30. The van der Waals surface area contributed by atoms with Gasteiger partial charge in [-0.05, 0) is 42.3 Å². The number of aliphatic imine (C=N–C) groups is 1. The predicted molar refractivity (Wildman–Crippen MR) is 119 cm³/mol. The number of aliphatic hydroxyl groups is 1. The lowest BCUT2D eigenvalue weighted by atomic mass is 10.00. The first-order valence-corrected chi connectivity index (χ1v) is 9.58. The topological polar surface area (TPSA) is 94.5 Å². The monoisotopic (exact) mass is 544 g/mol. The van der Waals surface area contributed by atoms with Crippen LogP contribution in [0, 0.1) is 0 Å². The molecule has 0 saturated carbocycles. The number of aromatic nitrogens is 2. The third-order valence-electron chi connectivity index (χ3n) is 3.68. The Labute approximate surface area is 188 Å². The van der Waals surface area contributed by atoms with E-state index in [1.54, 1.807) is 6.92 Å². The smallest absolute Gasteiger partial charge is 0.383 e. The lowest BCUT2D eigenvalue weighted by molar-refractivity contribution is -0.141. The highest BCUT2D eigenvalue weighted by atomic mass is 127. The SMILES string of the molecule is CCNC(=NCC(C)(O)c1ccsc1)NCCNc1nccc(C(F)(F)F)n1.I. The number of thiophene rings is 1. The van der Waals surface area contributed by atoms with Gasteiger partial charge in [-0.25, -0.2) is 15.0 Å². The first kappa shape index (κ1) is 25.4. The molecule has 29 heavy (non-hydrogen) atoms. The number of alkyl halides is 3. The molecule has 7 nitrogen and oxygen atoms in total. The van der Waals surface area contributed by atoms with Crippen LogP contribution in [0.3, 0.4) is 0 Å². The minimum atomic E-state index is -4.51. The normalized spacial score (nSPS) is 13.9. The second-order valence-electron chi connectivity index (χ2n) is 6.10. The van der Waals surface area contributed by atoms with Crippen LogP contribution in [0.4, 0.5) is 19.1 Å². The van der Waals surface area contributed by atoms with Gasteiger partial charge < -0.3 is 21.1 Å². The Kier molecular flexibility index (Phi) is 10.1. The summed E-state index contributed by atoms with van der Waals surface area (Å²) in [6, 6.07) is 2.66. The fraction of sp³-hybridized carbons (Fsp3) is 0.471. The van der Waals surface area contributed by atoms with E-state index in [-0.39, 0.29) is 43.0 Å². The van der Waals surface area contributed by atoms with Crippen molar-refractivity contribution in [2.24, 2.45) is 4.99 Å². The highest BCUT2D eigenvalue weighted by Gasteiger charge is 2.32. The van der Waals surface area contributed by atoms with Crippen molar-refractivity contribution in [2.75, 3.05) is 31.5 Å². The van der Waals surface area contributed by atoms with Gasteiger partial charge in [0.1, 0.15) is 11.3 Å². The number of nitrogens with zero attached hydrogens (tertiary/aromatic N) is 3. The molecule has 2 aromatic rings. The van der Waals surface area contributed by atoms with Gasteiger partial charge >= 0.3 is 6.18 Å². The minimum Gasteiger partial charge on any atom is -0.383 e. The van der Waals surface area contributed by atoms with E-state index in [0.717, 1.165) is 17.8 Å². The molecule has 0 saturated heterocycles. The van der Waals surface area contributed by atoms with Crippen molar-refractivity contribution in [1.82, 2.24) is 20.6 Å². The lowest BCUT2D eigenvalue weighted by Gasteiger charge is -2.21. The van der Waals surface area contributed by atoms with Crippen molar-refractivity contribution in [2.45, 2.75) is 25.6 Å². The molecule has 2 rings (SSSR count). The summed E-state index contributed by atoms with van der Waals surface area (Å²) < 4.78 is 38.0. The van der Waals surface area contributed by atoms with Crippen LogP contribution in [0.25, 0.3) is 0 Å². The van der Waals surface area contributed by atoms with Crippen molar-refractivity contribution in [1.29, 1.82) is 0 Å². The van der Waals surface area contributed by atoms with Crippen molar-refractivity contribution in [3.8, 4) is 0 Å². The minimum absolute atomic E-state index is 0. The Bertz CT molecular complexity index is 771. The number of hydrogen-bond acceptors (Lipinski definition) is 6. The largest absolute Gasteiger partial charge is 0.433 e. The lowest BCUT2D eigenvalue weighted by Crippen LogP contribution is -2.40. The molecule has 2 heterocycles. The fourth-order valence-corrected chi connectivity index (χ4v) is 2.98. The van der Waals surface area contributed by atoms with Crippen molar-refractivity contribution in [3.05, 3.63) is 40.3 Å². The van der Waals surface area contributed by atoms with Gasteiger partial charge in [-0.15, -0.1) is 24.0 Å². The van der Waals surface area contributed by atoms with E-state index in [9.17, 15) is 18.3 Å². The molecule has 0 spiro atoms. The zero-order valence-corrected chi connectivity index (χ0v) is 19.1.